The normalized spacial score (nSPS) is 21.5. The van der Waals surface area contributed by atoms with Crippen molar-refractivity contribution in [3.05, 3.63) is 39.7 Å². The standard InChI is InChI=1S/C15H17N3O3S/c1-8-14(21-9(2)16-8)15(20)17-11-3-4-12(19)18-13(11)10-5-6-22-7-10/h5-7,11,13H,3-4H2,1-2H3,(H,17,20)(H,18,19)/t11-,13+/m1/s1. The van der Waals surface area contributed by atoms with Gasteiger partial charge in [0.25, 0.3) is 5.91 Å². The van der Waals surface area contributed by atoms with Gasteiger partial charge in [0.05, 0.1) is 17.8 Å². The van der Waals surface area contributed by atoms with Crippen LogP contribution in [0.1, 0.15) is 46.6 Å². The number of hydrogen-bond donors (Lipinski definition) is 2. The van der Waals surface area contributed by atoms with E-state index >= 15 is 0 Å². The van der Waals surface area contributed by atoms with Crippen LogP contribution in [0.3, 0.4) is 0 Å². The van der Waals surface area contributed by atoms with Crippen molar-refractivity contribution in [3.63, 3.8) is 0 Å². The van der Waals surface area contributed by atoms with Crippen LogP contribution in [0.4, 0.5) is 0 Å². The summed E-state index contributed by atoms with van der Waals surface area (Å²) in [4.78, 5) is 28.2. The number of thiophene rings is 1. The van der Waals surface area contributed by atoms with E-state index in [0.717, 1.165) is 5.56 Å². The van der Waals surface area contributed by atoms with Crippen LogP contribution in [0, 0.1) is 13.8 Å². The quantitative estimate of drug-likeness (QED) is 0.907. The van der Waals surface area contributed by atoms with Crippen LogP contribution in [0.5, 0.6) is 0 Å². The molecule has 2 amide bonds. The summed E-state index contributed by atoms with van der Waals surface area (Å²) in [6, 6.07) is 1.59. The maximum absolute atomic E-state index is 12.4. The average Bonchev–Trinajstić information content (AvgIpc) is 3.10. The van der Waals surface area contributed by atoms with E-state index < -0.39 is 0 Å². The van der Waals surface area contributed by atoms with Crippen molar-refractivity contribution in [1.82, 2.24) is 15.6 Å². The summed E-state index contributed by atoms with van der Waals surface area (Å²) in [6.45, 7) is 3.45. The van der Waals surface area contributed by atoms with Gasteiger partial charge in [-0.15, -0.1) is 0 Å². The predicted octanol–water partition coefficient (Wildman–Crippen LogP) is 2.10. The van der Waals surface area contributed by atoms with Gasteiger partial charge in [0.1, 0.15) is 0 Å². The topological polar surface area (TPSA) is 84.2 Å². The molecule has 1 aliphatic rings. The number of nitrogens with one attached hydrogen (secondary N) is 2. The summed E-state index contributed by atoms with van der Waals surface area (Å²) >= 11 is 1.57. The minimum Gasteiger partial charge on any atom is -0.436 e. The van der Waals surface area contributed by atoms with Crippen molar-refractivity contribution in [2.45, 2.75) is 38.8 Å². The van der Waals surface area contributed by atoms with E-state index in [1.165, 1.54) is 0 Å². The number of aryl methyl sites for hydroxylation is 2. The lowest BCUT2D eigenvalue weighted by Gasteiger charge is -2.32. The van der Waals surface area contributed by atoms with Crippen LogP contribution in [0.2, 0.25) is 0 Å². The van der Waals surface area contributed by atoms with Crippen LogP contribution in [0.25, 0.3) is 0 Å². The Balaban J connectivity index is 1.78. The number of hydrogen-bond acceptors (Lipinski definition) is 5. The highest BCUT2D eigenvalue weighted by molar-refractivity contribution is 7.08. The van der Waals surface area contributed by atoms with Gasteiger partial charge in [0.2, 0.25) is 11.7 Å². The molecule has 0 radical (unpaired) electrons. The molecular weight excluding hydrogens is 302 g/mol. The molecule has 3 heterocycles. The van der Waals surface area contributed by atoms with E-state index in [-0.39, 0.29) is 29.7 Å². The molecule has 0 unspecified atom stereocenters. The molecule has 0 saturated carbocycles. The Labute approximate surface area is 131 Å². The fourth-order valence-corrected chi connectivity index (χ4v) is 3.40. The number of carbonyl (C=O) groups is 2. The van der Waals surface area contributed by atoms with Crippen LogP contribution >= 0.6 is 11.3 Å². The molecule has 0 aromatic carbocycles. The van der Waals surface area contributed by atoms with Crippen LogP contribution in [-0.4, -0.2) is 22.8 Å². The third kappa shape index (κ3) is 2.89. The fraction of sp³-hybridized carbons (Fsp3) is 0.400. The fourth-order valence-electron chi connectivity index (χ4n) is 2.70. The molecule has 0 aliphatic carbocycles. The van der Waals surface area contributed by atoms with E-state index in [0.29, 0.717) is 24.4 Å². The van der Waals surface area contributed by atoms with Crippen molar-refractivity contribution in [2.24, 2.45) is 0 Å². The van der Waals surface area contributed by atoms with Crippen molar-refractivity contribution < 1.29 is 14.0 Å². The van der Waals surface area contributed by atoms with Gasteiger partial charge in [-0.1, -0.05) is 0 Å². The number of nitrogens with zero attached hydrogens (tertiary/aromatic N) is 1. The van der Waals surface area contributed by atoms with Gasteiger partial charge in [0.15, 0.2) is 5.89 Å². The zero-order chi connectivity index (χ0) is 15.7. The molecule has 3 rings (SSSR count). The Kier molecular flexibility index (Phi) is 3.98. The van der Waals surface area contributed by atoms with Crippen LogP contribution in [-0.2, 0) is 4.79 Å². The lowest BCUT2D eigenvalue weighted by Crippen LogP contribution is -2.50. The Morgan fingerprint density at radius 2 is 2.32 bits per heavy atom. The lowest BCUT2D eigenvalue weighted by atomic mass is 9.93. The summed E-state index contributed by atoms with van der Waals surface area (Å²) in [7, 11) is 0. The molecule has 22 heavy (non-hydrogen) atoms. The molecular formula is C15H17N3O3S. The lowest BCUT2D eigenvalue weighted by molar-refractivity contribution is -0.123. The van der Waals surface area contributed by atoms with Gasteiger partial charge in [-0.3, -0.25) is 9.59 Å². The zero-order valence-corrected chi connectivity index (χ0v) is 13.2. The molecule has 116 valence electrons. The first kappa shape index (κ1) is 14.8. The number of piperidine rings is 1. The number of aromatic nitrogens is 1. The van der Waals surface area contributed by atoms with Gasteiger partial charge in [-0.2, -0.15) is 11.3 Å². The monoisotopic (exact) mass is 319 g/mol. The first-order chi connectivity index (χ1) is 10.5. The maximum Gasteiger partial charge on any atom is 0.289 e. The molecule has 0 bridgehead atoms. The molecule has 0 spiro atoms. The molecule has 2 aromatic heterocycles. The Bertz CT molecular complexity index is 693. The second kappa shape index (κ2) is 5.92. The highest BCUT2D eigenvalue weighted by Crippen LogP contribution is 2.26. The Morgan fingerprint density at radius 1 is 1.50 bits per heavy atom. The second-order valence-electron chi connectivity index (χ2n) is 5.37. The first-order valence-corrected chi connectivity index (χ1v) is 8.05. The molecule has 2 atom stereocenters. The smallest absolute Gasteiger partial charge is 0.289 e. The Morgan fingerprint density at radius 3 is 2.95 bits per heavy atom. The predicted molar refractivity (Wildman–Crippen MR) is 81.7 cm³/mol. The van der Waals surface area contributed by atoms with Crippen LogP contribution in [0.15, 0.2) is 21.2 Å². The SMILES string of the molecule is Cc1nc(C)c(C(=O)N[C@@H]2CCC(=O)N[C@H]2c2ccsc2)o1. The Hall–Kier alpha value is -2.15. The molecule has 1 saturated heterocycles. The highest BCUT2D eigenvalue weighted by atomic mass is 32.1. The van der Waals surface area contributed by atoms with Crippen LogP contribution < -0.4 is 10.6 Å². The van der Waals surface area contributed by atoms with Crippen molar-refractivity contribution in [3.8, 4) is 0 Å². The number of amides is 2. The third-order valence-corrected chi connectivity index (χ3v) is 4.43. The van der Waals surface area contributed by atoms with Crippen molar-refractivity contribution in [2.75, 3.05) is 0 Å². The molecule has 1 fully saturated rings. The van der Waals surface area contributed by atoms with E-state index in [2.05, 4.69) is 15.6 Å². The van der Waals surface area contributed by atoms with E-state index in [1.54, 1.807) is 25.2 Å². The molecule has 2 aromatic rings. The summed E-state index contributed by atoms with van der Waals surface area (Å²) < 4.78 is 5.36. The summed E-state index contributed by atoms with van der Waals surface area (Å²) in [5.74, 6) is 0.417. The summed E-state index contributed by atoms with van der Waals surface area (Å²) in [6.07, 6.45) is 1.00. The molecule has 2 N–H and O–H groups in total. The molecule has 7 heteroatoms. The average molecular weight is 319 g/mol. The van der Waals surface area contributed by atoms with E-state index in [9.17, 15) is 9.59 Å². The zero-order valence-electron chi connectivity index (χ0n) is 12.4. The third-order valence-electron chi connectivity index (χ3n) is 3.73. The van der Waals surface area contributed by atoms with E-state index in [1.807, 2.05) is 16.8 Å². The van der Waals surface area contributed by atoms with Gasteiger partial charge in [-0.25, -0.2) is 4.98 Å². The van der Waals surface area contributed by atoms with Crippen molar-refractivity contribution >= 4 is 23.2 Å². The molecule has 1 aliphatic heterocycles. The second-order valence-corrected chi connectivity index (χ2v) is 6.15. The largest absolute Gasteiger partial charge is 0.436 e. The van der Waals surface area contributed by atoms with Gasteiger partial charge >= 0.3 is 0 Å². The first-order valence-electron chi connectivity index (χ1n) is 7.11. The summed E-state index contributed by atoms with van der Waals surface area (Å²) in [5.41, 5.74) is 1.58. The van der Waals surface area contributed by atoms with Gasteiger partial charge in [0, 0.05) is 13.3 Å². The minimum atomic E-state index is -0.292. The minimum absolute atomic E-state index is 0.00777. The van der Waals surface area contributed by atoms with E-state index in [4.69, 9.17) is 4.42 Å². The molecule has 6 nitrogen and oxygen atoms in total. The highest BCUT2D eigenvalue weighted by Gasteiger charge is 2.32. The number of rotatable bonds is 3. The number of carbonyl (C=O) groups excluding carboxylic acids is 2. The van der Waals surface area contributed by atoms with Gasteiger partial charge in [-0.05, 0) is 35.7 Å². The number of oxazole rings is 1. The van der Waals surface area contributed by atoms with Crippen molar-refractivity contribution in [1.29, 1.82) is 0 Å². The maximum atomic E-state index is 12.4. The summed E-state index contributed by atoms with van der Waals surface area (Å²) in [5, 5.41) is 9.86. The van der Waals surface area contributed by atoms with Gasteiger partial charge < -0.3 is 15.1 Å².